The zero-order valence-electron chi connectivity index (χ0n) is 13.5. The van der Waals surface area contributed by atoms with Gasteiger partial charge in [0.2, 0.25) is 0 Å². The molecule has 1 N–H and O–H groups in total. The minimum absolute atomic E-state index is 0.146. The van der Waals surface area contributed by atoms with E-state index in [4.69, 9.17) is 0 Å². The first-order chi connectivity index (χ1) is 10.6. The van der Waals surface area contributed by atoms with E-state index in [9.17, 15) is 4.79 Å². The zero-order valence-corrected chi connectivity index (χ0v) is 13.5. The van der Waals surface area contributed by atoms with E-state index in [0.29, 0.717) is 11.6 Å². The van der Waals surface area contributed by atoms with E-state index in [-0.39, 0.29) is 11.9 Å². The zero-order chi connectivity index (χ0) is 15.9. The second kappa shape index (κ2) is 7.73. The third kappa shape index (κ3) is 4.69. The van der Waals surface area contributed by atoms with E-state index in [0.717, 1.165) is 18.5 Å². The van der Waals surface area contributed by atoms with Crippen molar-refractivity contribution in [1.82, 2.24) is 20.3 Å². The molecule has 0 saturated heterocycles. The molecule has 0 bridgehead atoms. The Bertz CT molecular complexity index is 592. The Morgan fingerprint density at radius 1 is 1.18 bits per heavy atom. The van der Waals surface area contributed by atoms with Crippen molar-refractivity contribution in [3.8, 4) is 5.69 Å². The van der Waals surface area contributed by atoms with Gasteiger partial charge in [-0.1, -0.05) is 44.9 Å². The van der Waals surface area contributed by atoms with Gasteiger partial charge in [0.15, 0.2) is 5.69 Å². The lowest BCUT2D eigenvalue weighted by Gasteiger charge is -2.13. The number of aromatic nitrogens is 3. The predicted molar refractivity (Wildman–Crippen MR) is 87.0 cm³/mol. The van der Waals surface area contributed by atoms with Gasteiger partial charge in [-0.25, -0.2) is 0 Å². The standard InChI is InChI=1S/C17H24N4O/c1-13(2)8-7-9-14(3)19-17(22)16-12-18-21(20-16)15-10-5-4-6-11-15/h4-6,10-14H,7-9H2,1-3H3,(H,19,22)/t14-/m0/s1. The van der Waals surface area contributed by atoms with Gasteiger partial charge in [0.05, 0.1) is 11.9 Å². The van der Waals surface area contributed by atoms with Crippen LogP contribution in [0.4, 0.5) is 0 Å². The summed E-state index contributed by atoms with van der Waals surface area (Å²) in [5.41, 5.74) is 1.19. The fourth-order valence-corrected chi connectivity index (χ4v) is 2.26. The molecule has 2 rings (SSSR count). The third-order valence-corrected chi connectivity index (χ3v) is 3.51. The van der Waals surface area contributed by atoms with Crippen LogP contribution >= 0.6 is 0 Å². The molecule has 0 fully saturated rings. The highest BCUT2D eigenvalue weighted by Gasteiger charge is 2.14. The highest BCUT2D eigenvalue weighted by Crippen LogP contribution is 2.09. The number of hydrogen-bond donors (Lipinski definition) is 1. The van der Waals surface area contributed by atoms with Crippen molar-refractivity contribution in [1.29, 1.82) is 0 Å². The summed E-state index contributed by atoms with van der Waals surface area (Å²) in [5, 5.41) is 11.4. The Morgan fingerprint density at radius 2 is 1.91 bits per heavy atom. The number of nitrogens with one attached hydrogen (secondary N) is 1. The molecule has 118 valence electrons. The largest absolute Gasteiger partial charge is 0.348 e. The average molecular weight is 300 g/mol. The van der Waals surface area contributed by atoms with Crippen molar-refractivity contribution in [2.24, 2.45) is 5.92 Å². The number of rotatable bonds is 7. The lowest BCUT2D eigenvalue weighted by Crippen LogP contribution is -2.32. The van der Waals surface area contributed by atoms with Crippen LogP contribution in [0.2, 0.25) is 0 Å². The van der Waals surface area contributed by atoms with Crippen LogP contribution in [0.25, 0.3) is 5.69 Å². The van der Waals surface area contributed by atoms with E-state index in [2.05, 4.69) is 29.4 Å². The van der Waals surface area contributed by atoms with Crippen molar-refractivity contribution in [2.75, 3.05) is 0 Å². The summed E-state index contributed by atoms with van der Waals surface area (Å²) in [5.74, 6) is 0.535. The number of amides is 1. The Kier molecular flexibility index (Phi) is 5.69. The molecule has 1 heterocycles. The van der Waals surface area contributed by atoms with Crippen LogP contribution in [0.3, 0.4) is 0 Å². The maximum atomic E-state index is 12.2. The Labute approximate surface area is 131 Å². The molecule has 0 aliphatic rings. The highest BCUT2D eigenvalue weighted by atomic mass is 16.2. The number of carbonyl (C=O) groups excluding carboxylic acids is 1. The third-order valence-electron chi connectivity index (χ3n) is 3.51. The van der Waals surface area contributed by atoms with Crippen LogP contribution in [0.15, 0.2) is 36.5 Å². The SMILES string of the molecule is CC(C)CCC[C@H](C)NC(=O)c1cnn(-c2ccccc2)n1. The van der Waals surface area contributed by atoms with Gasteiger partial charge >= 0.3 is 0 Å². The Balaban J connectivity index is 1.89. The van der Waals surface area contributed by atoms with Crippen LogP contribution in [0.5, 0.6) is 0 Å². The summed E-state index contributed by atoms with van der Waals surface area (Å²) >= 11 is 0. The van der Waals surface area contributed by atoms with Crippen LogP contribution in [0, 0.1) is 5.92 Å². The van der Waals surface area contributed by atoms with Crippen LogP contribution in [-0.4, -0.2) is 26.9 Å². The number of carbonyl (C=O) groups is 1. The summed E-state index contributed by atoms with van der Waals surface area (Å²) < 4.78 is 0. The minimum atomic E-state index is -0.167. The van der Waals surface area contributed by atoms with Crippen molar-refractivity contribution >= 4 is 5.91 Å². The first-order valence-corrected chi connectivity index (χ1v) is 7.85. The van der Waals surface area contributed by atoms with E-state index in [1.165, 1.54) is 17.4 Å². The molecule has 0 aliphatic heterocycles. The fraction of sp³-hybridized carbons (Fsp3) is 0.471. The first-order valence-electron chi connectivity index (χ1n) is 7.85. The molecule has 0 unspecified atom stereocenters. The number of nitrogens with zero attached hydrogens (tertiary/aromatic N) is 3. The molecule has 5 heteroatoms. The van der Waals surface area contributed by atoms with Gasteiger partial charge in [-0.05, 0) is 31.4 Å². The number of hydrogen-bond acceptors (Lipinski definition) is 3. The van der Waals surface area contributed by atoms with Crippen LogP contribution in [0.1, 0.15) is 50.5 Å². The minimum Gasteiger partial charge on any atom is -0.348 e. The summed E-state index contributed by atoms with van der Waals surface area (Å²) in [6, 6.07) is 9.70. The van der Waals surface area contributed by atoms with Crippen LogP contribution < -0.4 is 5.32 Å². The summed E-state index contributed by atoms with van der Waals surface area (Å²) in [6.07, 6.45) is 4.79. The molecule has 5 nitrogen and oxygen atoms in total. The molecular weight excluding hydrogens is 276 g/mol. The van der Waals surface area contributed by atoms with Crippen molar-refractivity contribution < 1.29 is 4.79 Å². The van der Waals surface area contributed by atoms with Gasteiger partial charge in [0.25, 0.3) is 5.91 Å². The summed E-state index contributed by atoms with van der Waals surface area (Å²) in [4.78, 5) is 13.6. The van der Waals surface area contributed by atoms with Crippen molar-refractivity contribution in [3.05, 3.63) is 42.2 Å². The molecule has 1 atom stereocenters. The monoisotopic (exact) mass is 300 g/mol. The first kappa shape index (κ1) is 16.2. The summed E-state index contributed by atoms with van der Waals surface area (Å²) in [7, 11) is 0. The van der Waals surface area contributed by atoms with E-state index >= 15 is 0 Å². The lowest BCUT2D eigenvalue weighted by molar-refractivity contribution is 0.0932. The number of para-hydroxylation sites is 1. The maximum absolute atomic E-state index is 12.2. The van der Waals surface area contributed by atoms with Gasteiger partial charge in [-0.3, -0.25) is 4.79 Å². The van der Waals surface area contributed by atoms with Gasteiger partial charge in [0, 0.05) is 6.04 Å². The number of benzene rings is 1. The quantitative estimate of drug-likeness (QED) is 0.854. The average Bonchev–Trinajstić information content (AvgIpc) is 2.97. The lowest BCUT2D eigenvalue weighted by atomic mass is 10.0. The molecule has 0 saturated carbocycles. The highest BCUT2D eigenvalue weighted by molar-refractivity contribution is 5.92. The molecule has 1 aromatic carbocycles. The predicted octanol–water partition coefficient (Wildman–Crippen LogP) is 3.21. The van der Waals surface area contributed by atoms with Crippen molar-refractivity contribution in [3.63, 3.8) is 0 Å². The normalized spacial score (nSPS) is 12.4. The topological polar surface area (TPSA) is 59.8 Å². The van der Waals surface area contributed by atoms with Gasteiger partial charge in [-0.2, -0.15) is 9.90 Å². The Hall–Kier alpha value is -2.17. The molecule has 1 aromatic heterocycles. The molecule has 2 aromatic rings. The maximum Gasteiger partial charge on any atom is 0.273 e. The van der Waals surface area contributed by atoms with Crippen molar-refractivity contribution in [2.45, 2.75) is 46.1 Å². The van der Waals surface area contributed by atoms with Gasteiger partial charge in [0.1, 0.15) is 0 Å². The smallest absolute Gasteiger partial charge is 0.273 e. The fourth-order valence-electron chi connectivity index (χ4n) is 2.26. The van der Waals surface area contributed by atoms with Gasteiger partial charge in [-0.15, -0.1) is 5.10 Å². The van der Waals surface area contributed by atoms with Gasteiger partial charge < -0.3 is 5.32 Å². The second-order valence-electron chi connectivity index (χ2n) is 6.05. The molecule has 0 spiro atoms. The molecule has 1 amide bonds. The molecule has 0 radical (unpaired) electrons. The van der Waals surface area contributed by atoms with E-state index in [1.807, 2.05) is 37.3 Å². The second-order valence-corrected chi connectivity index (χ2v) is 6.05. The molecule has 0 aliphatic carbocycles. The Morgan fingerprint density at radius 3 is 2.59 bits per heavy atom. The van der Waals surface area contributed by atoms with Crippen LogP contribution in [-0.2, 0) is 0 Å². The van der Waals surface area contributed by atoms with E-state index in [1.54, 1.807) is 0 Å². The molecule has 22 heavy (non-hydrogen) atoms. The summed E-state index contributed by atoms with van der Waals surface area (Å²) in [6.45, 7) is 6.45. The molecular formula is C17H24N4O. The van der Waals surface area contributed by atoms with E-state index < -0.39 is 0 Å².